The molecule has 1 saturated heterocycles. The van der Waals surface area contributed by atoms with Crippen LogP contribution in [0.25, 0.3) is 0 Å². The smallest absolute Gasteiger partial charge is 0.191 e. The Morgan fingerprint density at radius 2 is 1.83 bits per heavy atom. The Morgan fingerprint density at radius 3 is 2.33 bits per heavy atom. The van der Waals surface area contributed by atoms with E-state index in [0.717, 1.165) is 19.4 Å². The lowest BCUT2D eigenvalue weighted by Crippen LogP contribution is -2.48. The topological polar surface area (TPSA) is 79.8 Å². The van der Waals surface area contributed by atoms with Crippen molar-refractivity contribution in [1.82, 2.24) is 10.6 Å². The molecular weight excluding hydrogens is 326 g/mol. The third kappa shape index (κ3) is 6.59. The van der Waals surface area contributed by atoms with Crippen LogP contribution < -0.4 is 10.6 Å². The summed E-state index contributed by atoms with van der Waals surface area (Å²) >= 11 is 0. The molecule has 0 amide bonds. The SMILES string of the molecule is CCNC(=NCC1(S(C)(=O)=O)CCOCC1)NC(C)CCC(C)C. The summed E-state index contributed by atoms with van der Waals surface area (Å²) in [5.74, 6) is 1.37. The van der Waals surface area contributed by atoms with E-state index in [1.165, 1.54) is 6.26 Å². The predicted octanol–water partition coefficient (Wildman–Crippen LogP) is 1.96. The maximum Gasteiger partial charge on any atom is 0.191 e. The van der Waals surface area contributed by atoms with Crippen LogP contribution in [0.1, 0.15) is 53.4 Å². The van der Waals surface area contributed by atoms with Crippen molar-refractivity contribution >= 4 is 15.8 Å². The van der Waals surface area contributed by atoms with Gasteiger partial charge >= 0.3 is 0 Å². The summed E-state index contributed by atoms with van der Waals surface area (Å²) in [6.45, 7) is 10.6. The highest BCUT2D eigenvalue weighted by molar-refractivity contribution is 7.92. The van der Waals surface area contributed by atoms with Crippen molar-refractivity contribution in [2.75, 3.05) is 32.6 Å². The molecule has 1 atom stereocenters. The molecule has 0 saturated carbocycles. The number of guanidine groups is 1. The van der Waals surface area contributed by atoms with E-state index in [0.29, 0.717) is 44.0 Å². The molecule has 6 nitrogen and oxygen atoms in total. The van der Waals surface area contributed by atoms with Gasteiger partial charge in [-0.3, -0.25) is 4.99 Å². The zero-order valence-corrected chi connectivity index (χ0v) is 16.7. The lowest BCUT2D eigenvalue weighted by Gasteiger charge is -2.34. The molecule has 0 spiro atoms. The predicted molar refractivity (Wildman–Crippen MR) is 100 cm³/mol. The number of rotatable bonds is 8. The van der Waals surface area contributed by atoms with Crippen molar-refractivity contribution in [3.05, 3.63) is 0 Å². The molecule has 2 N–H and O–H groups in total. The molecule has 142 valence electrons. The average molecular weight is 362 g/mol. The van der Waals surface area contributed by atoms with Gasteiger partial charge in [-0.15, -0.1) is 0 Å². The normalized spacial score (nSPS) is 20.0. The number of hydrogen-bond donors (Lipinski definition) is 2. The monoisotopic (exact) mass is 361 g/mol. The molecule has 1 unspecified atom stereocenters. The maximum atomic E-state index is 12.3. The van der Waals surface area contributed by atoms with Crippen molar-refractivity contribution in [3.63, 3.8) is 0 Å². The summed E-state index contributed by atoms with van der Waals surface area (Å²) in [6.07, 6.45) is 4.56. The van der Waals surface area contributed by atoms with Crippen molar-refractivity contribution in [2.24, 2.45) is 10.9 Å². The van der Waals surface area contributed by atoms with Gasteiger partial charge in [0.25, 0.3) is 0 Å². The van der Waals surface area contributed by atoms with E-state index >= 15 is 0 Å². The first-order valence-electron chi connectivity index (χ1n) is 9.02. The molecule has 0 aromatic carbocycles. The fourth-order valence-corrected chi connectivity index (χ4v) is 4.03. The standard InChI is InChI=1S/C17H35N3O3S/c1-6-18-16(20-15(4)8-7-14(2)3)19-13-17(24(5,21)22)9-11-23-12-10-17/h14-15H,6-13H2,1-5H3,(H2,18,19,20). The van der Waals surface area contributed by atoms with E-state index in [4.69, 9.17) is 4.74 Å². The molecule has 1 rings (SSSR count). The fourth-order valence-electron chi connectivity index (χ4n) is 2.82. The molecule has 7 heteroatoms. The van der Waals surface area contributed by atoms with E-state index in [-0.39, 0.29) is 6.54 Å². The van der Waals surface area contributed by atoms with E-state index in [2.05, 4.69) is 36.4 Å². The van der Waals surface area contributed by atoms with Crippen LogP contribution in [0.5, 0.6) is 0 Å². The number of nitrogens with zero attached hydrogens (tertiary/aromatic N) is 1. The van der Waals surface area contributed by atoms with Crippen LogP contribution in [-0.2, 0) is 14.6 Å². The minimum absolute atomic E-state index is 0.279. The zero-order valence-electron chi connectivity index (χ0n) is 15.9. The van der Waals surface area contributed by atoms with Crippen LogP contribution in [0.4, 0.5) is 0 Å². The minimum atomic E-state index is -3.19. The maximum absolute atomic E-state index is 12.3. The zero-order chi connectivity index (χ0) is 18.2. The summed E-state index contributed by atoms with van der Waals surface area (Å²) in [5.41, 5.74) is 0. The van der Waals surface area contributed by atoms with Gasteiger partial charge in [0.2, 0.25) is 0 Å². The summed E-state index contributed by atoms with van der Waals surface area (Å²) in [4.78, 5) is 4.60. The van der Waals surface area contributed by atoms with Gasteiger partial charge in [0.05, 0.1) is 11.3 Å². The second-order valence-corrected chi connectivity index (χ2v) is 9.69. The second-order valence-electron chi connectivity index (χ2n) is 7.28. The van der Waals surface area contributed by atoms with Gasteiger partial charge in [0.15, 0.2) is 15.8 Å². The number of aliphatic imine (C=N–C) groups is 1. The number of sulfone groups is 1. The van der Waals surface area contributed by atoms with Crippen LogP contribution >= 0.6 is 0 Å². The summed E-state index contributed by atoms with van der Waals surface area (Å²) in [7, 11) is -3.19. The second kappa shape index (κ2) is 9.61. The lowest BCUT2D eigenvalue weighted by molar-refractivity contribution is 0.0768. The molecule has 0 bridgehead atoms. The highest BCUT2D eigenvalue weighted by Crippen LogP contribution is 2.29. The van der Waals surface area contributed by atoms with Crippen LogP contribution in [0.15, 0.2) is 4.99 Å². The Labute approximate surface area is 147 Å². The largest absolute Gasteiger partial charge is 0.381 e. The molecule has 0 aliphatic carbocycles. The summed E-state index contributed by atoms with van der Waals surface area (Å²) in [5, 5.41) is 6.62. The van der Waals surface area contributed by atoms with Gasteiger partial charge in [-0.1, -0.05) is 13.8 Å². The third-order valence-electron chi connectivity index (χ3n) is 4.62. The van der Waals surface area contributed by atoms with Crippen LogP contribution in [0.2, 0.25) is 0 Å². The Balaban J connectivity index is 2.78. The van der Waals surface area contributed by atoms with Crippen molar-refractivity contribution in [1.29, 1.82) is 0 Å². The Hall–Kier alpha value is -0.820. The van der Waals surface area contributed by atoms with Gasteiger partial charge in [-0.05, 0) is 45.4 Å². The van der Waals surface area contributed by atoms with Crippen LogP contribution in [0, 0.1) is 5.92 Å². The fraction of sp³-hybridized carbons (Fsp3) is 0.941. The molecule has 1 aliphatic heterocycles. The molecule has 1 aliphatic rings. The Kier molecular flexibility index (Phi) is 8.50. The molecule has 0 radical (unpaired) electrons. The molecule has 1 heterocycles. The molecular formula is C17H35N3O3S. The third-order valence-corrected chi connectivity index (χ3v) is 6.73. The highest BCUT2D eigenvalue weighted by Gasteiger charge is 2.42. The molecule has 1 fully saturated rings. The van der Waals surface area contributed by atoms with E-state index in [1.807, 2.05) is 6.92 Å². The lowest BCUT2D eigenvalue weighted by atomic mass is 9.99. The van der Waals surface area contributed by atoms with E-state index in [1.54, 1.807) is 0 Å². The first kappa shape index (κ1) is 21.2. The van der Waals surface area contributed by atoms with Gasteiger partial charge in [-0.2, -0.15) is 0 Å². The number of nitrogens with one attached hydrogen (secondary N) is 2. The first-order chi connectivity index (χ1) is 11.2. The van der Waals surface area contributed by atoms with Gasteiger partial charge < -0.3 is 15.4 Å². The quantitative estimate of drug-likeness (QED) is 0.510. The summed E-state index contributed by atoms with van der Waals surface area (Å²) < 4.78 is 29.2. The van der Waals surface area contributed by atoms with Gasteiger partial charge in [0, 0.05) is 32.1 Å². The number of hydrogen-bond acceptors (Lipinski definition) is 4. The van der Waals surface area contributed by atoms with E-state index in [9.17, 15) is 8.42 Å². The molecule has 0 aromatic rings. The van der Waals surface area contributed by atoms with Crippen LogP contribution in [-0.4, -0.2) is 57.7 Å². The molecule has 0 aromatic heterocycles. The van der Waals surface area contributed by atoms with Gasteiger partial charge in [0.1, 0.15) is 0 Å². The Bertz CT molecular complexity index is 497. The minimum Gasteiger partial charge on any atom is -0.381 e. The van der Waals surface area contributed by atoms with Crippen molar-refractivity contribution < 1.29 is 13.2 Å². The van der Waals surface area contributed by atoms with E-state index < -0.39 is 14.6 Å². The highest BCUT2D eigenvalue weighted by atomic mass is 32.2. The van der Waals surface area contributed by atoms with Crippen molar-refractivity contribution in [3.8, 4) is 0 Å². The van der Waals surface area contributed by atoms with Gasteiger partial charge in [-0.25, -0.2) is 8.42 Å². The van der Waals surface area contributed by atoms with Crippen LogP contribution in [0.3, 0.4) is 0 Å². The van der Waals surface area contributed by atoms with Crippen molar-refractivity contribution in [2.45, 2.75) is 64.2 Å². The average Bonchev–Trinajstić information content (AvgIpc) is 2.51. The Morgan fingerprint density at radius 1 is 1.21 bits per heavy atom. The summed E-state index contributed by atoms with van der Waals surface area (Å²) in [6, 6.07) is 0.300. The molecule has 24 heavy (non-hydrogen) atoms. The first-order valence-corrected chi connectivity index (χ1v) is 10.9. The number of ether oxygens (including phenoxy) is 1.